The van der Waals surface area contributed by atoms with Gasteiger partial charge in [-0.05, 0) is 59.3 Å². The summed E-state index contributed by atoms with van der Waals surface area (Å²) in [6, 6.07) is 11.0. The van der Waals surface area contributed by atoms with Crippen molar-refractivity contribution in [3.05, 3.63) is 58.9 Å². The Labute approximate surface area is 170 Å². The van der Waals surface area contributed by atoms with E-state index in [-0.39, 0.29) is 12.5 Å². The van der Waals surface area contributed by atoms with E-state index < -0.39 is 0 Å². The van der Waals surface area contributed by atoms with E-state index >= 15 is 0 Å². The van der Waals surface area contributed by atoms with Crippen LogP contribution in [0.2, 0.25) is 5.02 Å². The molecule has 2 heterocycles. The molecule has 10 nitrogen and oxygen atoms in total. The number of aryl methyl sites for hydroxylation is 2. The van der Waals surface area contributed by atoms with Gasteiger partial charge < -0.3 is 5.32 Å². The van der Waals surface area contributed by atoms with E-state index in [4.69, 9.17) is 11.6 Å². The highest BCUT2D eigenvalue weighted by Crippen LogP contribution is 2.26. The van der Waals surface area contributed by atoms with Crippen LogP contribution in [0.5, 0.6) is 0 Å². The first-order chi connectivity index (χ1) is 14.0. The summed E-state index contributed by atoms with van der Waals surface area (Å²) in [6.45, 7) is 3.86. The Morgan fingerprint density at radius 1 is 1.14 bits per heavy atom. The summed E-state index contributed by atoms with van der Waals surface area (Å²) in [4.78, 5) is 13.6. The highest BCUT2D eigenvalue weighted by Gasteiger charge is 2.15. The highest BCUT2D eigenvalue weighted by molar-refractivity contribution is 6.30. The van der Waals surface area contributed by atoms with Crippen molar-refractivity contribution in [2.75, 3.05) is 5.32 Å². The maximum absolute atomic E-state index is 12.4. The van der Waals surface area contributed by atoms with E-state index in [0.29, 0.717) is 22.1 Å². The number of nitrogens with zero attached hydrogens (tertiary/aromatic N) is 8. The molecule has 146 valence electrons. The van der Waals surface area contributed by atoms with Gasteiger partial charge in [0.15, 0.2) is 0 Å². The second kappa shape index (κ2) is 7.76. The van der Waals surface area contributed by atoms with Crippen molar-refractivity contribution < 1.29 is 4.79 Å². The minimum atomic E-state index is -0.252. The smallest absolute Gasteiger partial charge is 0.248 e. The third-order valence-electron chi connectivity index (χ3n) is 4.19. The summed E-state index contributed by atoms with van der Waals surface area (Å²) in [5.74, 6) is 0.0733. The molecule has 0 bridgehead atoms. The normalized spacial score (nSPS) is 10.9. The van der Waals surface area contributed by atoms with Crippen LogP contribution in [-0.4, -0.2) is 46.3 Å². The van der Waals surface area contributed by atoms with Crippen LogP contribution >= 0.6 is 11.6 Å². The van der Waals surface area contributed by atoms with Gasteiger partial charge in [-0.15, -0.1) is 15.3 Å². The van der Waals surface area contributed by atoms with E-state index in [1.807, 2.05) is 32.0 Å². The van der Waals surface area contributed by atoms with Gasteiger partial charge in [-0.1, -0.05) is 29.3 Å². The van der Waals surface area contributed by atoms with Gasteiger partial charge in [-0.2, -0.15) is 9.48 Å². The van der Waals surface area contributed by atoms with Crippen LogP contribution in [0, 0.1) is 13.8 Å². The summed E-state index contributed by atoms with van der Waals surface area (Å²) >= 11 is 6.10. The quantitative estimate of drug-likeness (QED) is 0.537. The molecule has 0 unspecified atom stereocenters. The van der Waals surface area contributed by atoms with Crippen LogP contribution in [0.3, 0.4) is 0 Å². The lowest BCUT2D eigenvalue weighted by Gasteiger charge is -2.08. The number of benzene rings is 2. The topological polar surface area (TPSA) is 116 Å². The Balaban J connectivity index is 1.54. The van der Waals surface area contributed by atoms with Crippen LogP contribution in [-0.2, 0) is 11.3 Å². The summed E-state index contributed by atoms with van der Waals surface area (Å²) in [5.41, 5.74) is 4.09. The van der Waals surface area contributed by atoms with Crippen LogP contribution in [0.4, 0.5) is 5.69 Å². The van der Waals surface area contributed by atoms with Crippen molar-refractivity contribution >= 4 is 23.2 Å². The molecule has 0 atom stereocenters. The van der Waals surface area contributed by atoms with Gasteiger partial charge >= 0.3 is 0 Å². The van der Waals surface area contributed by atoms with Gasteiger partial charge in [0.25, 0.3) is 0 Å². The van der Waals surface area contributed by atoms with Gasteiger partial charge in [-0.25, -0.2) is 0 Å². The van der Waals surface area contributed by atoms with Crippen LogP contribution in [0.15, 0.2) is 42.7 Å². The van der Waals surface area contributed by atoms with Crippen molar-refractivity contribution in [2.45, 2.75) is 20.4 Å². The first-order valence-electron chi connectivity index (χ1n) is 8.68. The number of carbonyl (C=O) groups excluding carboxylic acids is 1. The molecule has 2 aromatic heterocycles. The lowest BCUT2D eigenvalue weighted by atomic mass is 10.1. The maximum Gasteiger partial charge on any atom is 0.248 e. The lowest BCUT2D eigenvalue weighted by molar-refractivity contribution is -0.117. The average Bonchev–Trinajstić information content (AvgIpc) is 3.36. The summed E-state index contributed by atoms with van der Waals surface area (Å²) in [6.07, 6.45) is 1.44. The van der Waals surface area contributed by atoms with Gasteiger partial charge in [0.2, 0.25) is 11.7 Å². The van der Waals surface area contributed by atoms with Gasteiger partial charge in [0, 0.05) is 16.3 Å². The second-order valence-electron chi connectivity index (χ2n) is 6.43. The third-order valence-corrected chi connectivity index (χ3v) is 4.43. The Morgan fingerprint density at radius 3 is 2.76 bits per heavy atom. The Hall–Kier alpha value is -3.66. The average molecular weight is 410 g/mol. The molecule has 0 fully saturated rings. The molecule has 0 spiro atoms. The molecule has 0 aliphatic heterocycles. The minimum Gasteiger partial charge on any atom is -0.324 e. The molecular weight excluding hydrogens is 394 g/mol. The van der Waals surface area contributed by atoms with E-state index in [1.165, 1.54) is 15.8 Å². The molecule has 2 aromatic carbocycles. The van der Waals surface area contributed by atoms with E-state index in [1.54, 1.807) is 18.2 Å². The molecule has 0 radical (unpaired) electrons. The molecule has 0 saturated carbocycles. The molecular formula is C18H16ClN9O. The third kappa shape index (κ3) is 4.11. The monoisotopic (exact) mass is 409 g/mol. The molecule has 4 rings (SSSR count). The van der Waals surface area contributed by atoms with Gasteiger partial charge in [-0.3, -0.25) is 4.79 Å². The van der Waals surface area contributed by atoms with Gasteiger partial charge in [0.05, 0.1) is 5.69 Å². The number of anilines is 1. The van der Waals surface area contributed by atoms with Gasteiger partial charge in [0.1, 0.15) is 12.9 Å². The number of hydrogen-bond donors (Lipinski definition) is 1. The summed E-state index contributed by atoms with van der Waals surface area (Å²) in [5, 5.41) is 26.9. The SMILES string of the molecule is Cc1ccc(NC(=O)Cn2nnc(-c3ccc(Cl)cc3-n3cnnn3)n2)c(C)c1. The van der Waals surface area contributed by atoms with Crippen molar-refractivity contribution in [2.24, 2.45) is 0 Å². The fourth-order valence-electron chi connectivity index (χ4n) is 2.85. The molecule has 0 saturated heterocycles. The van der Waals surface area contributed by atoms with E-state index in [2.05, 4.69) is 36.3 Å². The Bertz CT molecular complexity index is 1170. The van der Waals surface area contributed by atoms with E-state index in [9.17, 15) is 4.79 Å². The number of carbonyl (C=O) groups is 1. The van der Waals surface area contributed by atoms with Crippen molar-refractivity contribution in [1.82, 2.24) is 40.4 Å². The fraction of sp³-hybridized carbons (Fsp3) is 0.167. The first-order valence-corrected chi connectivity index (χ1v) is 9.05. The maximum atomic E-state index is 12.4. The van der Waals surface area contributed by atoms with Crippen LogP contribution < -0.4 is 5.32 Å². The number of halogens is 1. The Kier molecular flexibility index (Phi) is 5.00. The largest absolute Gasteiger partial charge is 0.324 e. The fourth-order valence-corrected chi connectivity index (χ4v) is 3.01. The van der Waals surface area contributed by atoms with E-state index in [0.717, 1.165) is 16.8 Å². The number of amides is 1. The number of hydrogen-bond acceptors (Lipinski definition) is 7. The highest BCUT2D eigenvalue weighted by atomic mass is 35.5. The zero-order chi connectivity index (χ0) is 20.4. The zero-order valence-corrected chi connectivity index (χ0v) is 16.4. The molecule has 0 aliphatic carbocycles. The van der Waals surface area contributed by atoms with Crippen LogP contribution in [0.1, 0.15) is 11.1 Å². The predicted octanol–water partition coefficient (Wildman–Crippen LogP) is 2.22. The number of rotatable bonds is 5. The molecule has 1 amide bonds. The zero-order valence-electron chi connectivity index (χ0n) is 15.6. The van der Waals surface area contributed by atoms with Crippen LogP contribution in [0.25, 0.3) is 17.1 Å². The number of nitrogens with one attached hydrogen (secondary N) is 1. The molecule has 11 heteroatoms. The molecule has 0 aliphatic rings. The number of aromatic nitrogens is 8. The second-order valence-corrected chi connectivity index (χ2v) is 6.86. The lowest BCUT2D eigenvalue weighted by Crippen LogP contribution is -2.21. The molecule has 4 aromatic rings. The molecule has 1 N–H and O–H groups in total. The van der Waals surface area contributed by atoms with Crippen molar-refractivity contribution in [3.8, 4) is 17.1 Å². The standard InChI is InChI=1S/C18H16ClN9O/c1-11-3-6-15(12(2)7-11)21-17(29)9-28-23-18(22-25-28)14-5-4-13(19)8-16(14)27-10-20-24-26-27/h3-8,10H,9H2,1-2H3,(H,21,29). The van der Waals surface area contributed by atoms with Crippen molar-refractivity contribution in [1.29, 1.82) is 0 Å². The molecule has 29 heavy (non-hydrogen) atoms. The van der Waals surface area contributed by atoms with Crippen molar-refractivity contribution in [3.63, 3.8) is 0 Å². The minimum absolute atomic E-state index is 0.0753. The summed E-state index contributed by atoms with van der Waals surface area (Å²) < 4.78 is 1.45. The summed E-state index contributed by atoms with van der Waals surface area (Å²) in [7, 11) is 0. The Morgan fingerprint density at radius 2 is 2.00 bits per heavy atom. The first kappa shape index (κ1) is 18.7. The number of tetrazole rings is 2. The predicted molar refractivity (Wildman–Crippen MR) is 106 cm³/mol.